The Morgan fingerprint density at radius 3 is 2.82 bits per heavy atom. The molecule has 0 unspecified atom stereocenters. The number of nitrogens with one attached hydrogen (secondary N) is 2. The zero-order valence-corrected chi connectivity index (χ0v) is 11.1. The molecule has 0 bridgehead atoms. The van der Waals surface area contributed by atoms with Gasteiger partial charge in [-0.15, -0.1) is 11.3 Å². The van der Waals surface area contributed by atoms with Crippen molar-refractivity contribution >= 4 is 34.3 Å². The topological polar surface area (TPSA) is 37.0 Å². The van der Waals surface area contributed by atoms with Crippen molar-refractivity contribution in [1.82, 2.24) is 4.98 Å². The molecule has 0 fully saturated rings. The molecule has 2 aromatic rings. The van der Waals surface area contributed by atoms with Crippen molar-refractivity contribution in [3.05, 3.63) is 39.8 Å². The molecule has 2 aromatic heterocycles. The second-order valence-electron chi connectivity index (χ2n) is 3.59. The predicted molar refractivity (Wildman–Crippen MR) is 75.3 cm³/mol. The third kappa shape index (κ3) is 3.61. The van der Waals surface area contributed by atoms with Crippen LogP contribution in [0.25, 0.3) is 0 Å². The molecule has 0 spiro atoms. The minimum absolute atomic E-state index is 0.846. The maximum absolute atomic E-state index is 5.88. The van der Waals surface area contributed by atoms with Gasteiger partial charge < -0.3 is 10.6 Å². The maximum atomic E-state index is 5.88. The first kappa shape index (κ1) is 12.2. The summed E-state index contributed by atoms with van der Waals surface area (Å²) in [5, 5.41) is 6.40. The number of nitrogens with zero attached hydrogens (tertiary/aromatic N) is 1. The monoisotopic (exact) mass is 267 g/mol. The standard InChI is InChI=1S/C12H14ClN3S/c1-14-9-6-10(8-15-7-9)16-5-4-11-2-3-12(13)17-11/h2-3,6-8,14,16H,4-5H2,1H3. The molecule has 90 valence electrons. The number of pyridine rings is 1. The molecule has 0 saturated carbocycles. The fourth-order valence-electron chi connectivity index (χ4n) is 1.49. The third-order valence-electron chi connectivity index (χ3n) is 2.36. The van der Waals surface area contributed by atoms with Gasteiger partial charge >= 0.3 is 0 Å². The molecule has 0 saturated heterocycles. The molecule has 2 heterocycles. The molecule has 5 heteroatoms. The second kappa shape index (κ2) is 5.89. The highest BCUT2D eigenvalue weighted by atomic mass is 35.5. The smallest absolute Gasteiger partial charge is 0.0931 e. The van der Waals surface area contributed by atoms with Crippen molar-refractivity contribution in [2.24, 2.45) is 0 Å². The first-order valence-electron chi connectivity index (χ1n) is 5.39. The molecular formula is C12H14ClN3S. The van der Waals surface area contributed by atoms with Crippen molar-refractivity contribution in [1.29, 1.82) is 0 Å². The Morgan fingerprint density at radius 2 is 2.12 bits per heavy atom. The average molecular weight is 268 g/mol. The Morgan fingerprint density at radius 1 is 1.29 bits per heavy atom. The van der Waals surface area contributed by atoms with Crippen molar-refractivity contribution < 1.29 is 0 Å². The number of thiophene rings is 1. The summed E-state index contributed by atoms with van der Waals surface area (Å²) in [6, 6.07) is 6.04. The molecule has 2 N–H and O–H groups in total. The van der Waals surface area contributed by atoms with Gasteiger partial charge in [-0.05, 0) is 24.6 Å². The number of halogens is 1. The Balaban J connectivity index is 1.85. The summed E-state index contributed by atoms with van der Waals surface area (Å²) in [7, 11) is 1.88. The summed E-state index contributed by atoms with van der Waals surface area (Å²) < 4.78 is 0.846. The van der Waals surface area contributed by atoms with E-state index in [1.165, 1.54) is 4.88 Å². The van der Waals surface area contributed by atoms with Gasteiger partial charge in [0.15, 0.2) is 0 Å². The molecule has 0 aromatic carbocycles. The van der Waals surface area contributed by atoms with E-state index in [1.807, 2.05) is 25.4 Å². The van der Waals surface area contributed by atoms with E-state index in [-0.39, 0.29) is 0 Å². The molecule has 0 atom stereocenters. The van der Waals surface area contributed by atoms with Crippen LogP contribution >= 0.6 is 22.9 Å². The fourth-order valence-corrected chi connectivity index (χ4v) is 2.58. The SMILES string of the molecule is CNc1cncc(NCCc2ccc(Cl)s2)c1. The minimum Gasteiger partial charge on any atom is -0.387 e. The third-order valence-corrected chi connectivity index (χ3v) is 3.65. The lowest BCUT2D eigenvalue weighted by atomic mass is 10.3. The summed E-state index contributed by atoms with van der Waals surface area (Å²) in [5.74, 6) is 0. The Bertz CT molecular complexity index is 484. The van der Waals surface area contributed by atoms with Gasteiger partial charge in [-0.25, -0.2) is 0 Å². The number of aromatic nitrogens is 1. The molecule has 0 amide bonds. The number of anilines is 2. The van der Waals surface area contributed by atoms with Crippen LogP contribution in [-0.2, 0) is 6.42 Å². The van der Waals surface area contributed by atoms with E-state index < -0.39 is 0 Å². The zero-order valence-electron chi connectivity index (χ0n) is 9.53. The molecular weight excluding hydrogens is 254 g/mol. The van der Waals surface area contributed by atoms with Crippen LogP contribution < -0.4 is 10.6 Å². The Labute approximate surface area is 110 Å². The molecule has 0 radical (unpaired) electrons. The molecule has 0 aliphatic rings. The minimum atomic E-state index is 0.846. The molecule has 0 aliphatic carbocycles. The number of hydrogen-bond donors (Lipinski definition) is 2. The van der Waals surface area contributed by atoms with Crippen LogP contribution in [0, 0.1) is 0 Å². The van der Waals surface area contributed by atoms with Gasteiger partial charge in [0.1, 0.15) is 0 Å². The normalized spacial score (nSPS) is 10.2. The lowest BCUT2D eigenvalue weighted by Gasteiger charge is -2.06. The highest BCUT2D eigenvalue weighted by Gasteiger charge is 1.98. The first-order chi connectivity index (χ1) is 8.28. The molecule has 3 nitrogen and oxygen atoms in total. The second-order valence-corrected chi connectivity index (χ2v) is 5.39. The largest absolute Gasteiger partial charge is 0.387 e. The van der Waals surface area contributed by atoms with E-state index in [0.717, 1.165) is 28.7 Å². The molecule has 17 heavy (non-hydrogen) atoms. The predicted octanol–water partition coefficient (Wildman–Crippen LogP) is 3.49. The van der Waals surface area contributed by atoms with Crippen LogP contribution in [0.1, 0.15) is 4.88 Å². The number of rotatable bonds is 5. The Hall–Kier alpha value is -1.26. The molecule has 0 aliphatic heterocycles. The summed E-state index contributed by atoms with van der Waals surface area (Å²) >= 11 is 7.50. The van der Waals surface area contributed by atoms with Crippen molar-refractivity contribution in [2.45, 2.75) is 6.42 Å². The first-order valence-corrected chi connectivity index (χ1v) is 6.58. The van der Waals surface area contributed by atoms with E-state index in [2.05, 4.69) is 21.7 Å². The van der Waals surface area contributed by atoms with Crippen LogP contribution in [0.3, 0.4) is 0 Å². The van der Waals surface area contributed by atoms with Crippen LogP contribution in [0.5, 0.6) is 0 Å². The van der Waals surface area contributed by atoms with E-state index in [1.54, 1.807) is 17.5 Å². The lowest BCUT2D eigenvalue weighted by Crippen LogP contribution is -2.04. The van der Waals surface area contributed by atoms with E-state index in [9.17, 15) is 0 Å². The lowest BCUT2D eigenvalue weighted by molar-refractivity contribution is 1.04. The summed E-state index contributed by atoms with van der Waals surface area (Å²) in [4.78, 5) is 5.43. The zero-order chi connectivity index (χ0) is 12.1. The summed E-state index contributed by atoms with van der Waals surface area (Å²) in [6.07, 6.45) is 4.59. The van der Waals surface area contributed by atoms with Gasteiger partial charge in [0, 0.05) is 18.5 Å². The van der Waals surface area contributed by atoms with Crippen LogP contribution in [0.2, 0.25) is 4.34 Å². The van der Waals surface area contributed by atoms with Gasteiger partial charge in [-0.3, -0.25) is 4.98 Å². The average Bonchev–Trinajstić information content (AvgIpc) is 2.75. The van der Waals surface area contributed by atoms with E-state index >= 15 is 0 Å². The number of hydrogen-bond acceptors (Lipinski definition) is 4. The van der Waals surface area contributed by atoms with Crippen molar-refractivity contribution in [3.63, 3.8) is 0 Å². The molecule has 2 rings (SSSR count). The quantitative estimate of drug-likeness (QED) is 0.871. The van der Waals surface area contributed by atoms with Crippen LogP contribution in [-0.4, -0.2) is 18.6 Å². The highest BCUT2D eigenvalue weighted by molar-refractivity contribution is 7.16. The maximum Gasteiger partial charge on any atom is 0.0931 e. The summed E-state index contributed by atoms with van der Waals surface area (Å²) in [6.45, 7) is 0.881. The Kier molecular flexibility index (Phi) is 4.23. The van der Waals surface area contributed by atoms with Gasteiger partial charge in [0.05, 0.1) is 28.1 Å². The highest BCUT2D eigenvalue weighted by Crippen LogP contribution is 2.21. The van der Waals surface area contributed by atoms with Gasteiger partial charge in [-0.2, -0.15) is 0 Å². The van der Waals surface area contributed by atoms with Gasteiger partial charge in [0.25, 0.3) is 0 Å². The van der Waals surface area contributed by atoms with Gasteiger partial charge in [-0.1, -0.05) is 11.6 Å². The fraction of sp³-hybridized carbons (Fsp3) is 0.250. The van der Waals surface area contributed by atoms with Crippen molar-refractivity contribution in [3.8, 4) is 0 Å². The van der Waals surface area contributed by atoms with E-state index in [0.29, 0.717) is 0 Å². The van der Waals surface area contributed by atoms with Crippen LogP contribution in [0.4, 0.5) is 11.4 Å². The van der Waals surface area contributed by atoms with Crippen molar-refractivity contribution in [2.75, 3.05) is 24.2 Å². The summed E-state index contributed by atoms with van der Waals surface area (Å²) in [5.41, 5.74) is 2.04. The van der Waals surface area contributed by atoms with E-state index in [4.69, 9.17) is 11.6 Å². The van der Waals surface area contributed by atoms with Gasteiger partial charge in [0.2, 0.25) is 0 Å². The van der Waals surface area contributed by atoms with Crippen LogP contribution in [0.15, 0.2) is 30.6 Å².